The molecule has 0 saturated carbocycles. The molecule has 4 rings (SSSR count). The fraction of sp³-hybridized carbons (Fsp3) is 0.263. The monoisotopic (exact) mass is 408 g/mol. The minimum Gasteiger partial charge on any atom is -0.338 e. The molecule has 142 valence electrons. The van der Waals surface area contributed by atoms with Gasteiger partial charge < -0.3 is 9.84 Å². The number of benzene rings is 2. The van der Waals surface area contributed by atoms with Gasteiger partial charge in [0.25, 0.3) is 0 Å². The van der Waals surface area contributed by atoms with E-state index in [1.165, 1.54) is 12.1 Å². The first-order chi connectivity index (χ1) is 12.7. The van der Waals surface area contributed by atoms with Gasteiger partial charge in [0.2, 0.25) is 11.7 Å². The van der Waals surface area contributed by atoms with E-state index in [1.54, 1.807) is 12.1 Å². The van der Waals surface area contributed by atoms with E-state index in [4.69, 9.17) is 16.1 Å². The molecule has 0 amide bonds. The molecule has 3 aromatic rings. The van der Waals surface area contributed by atoms with E-state index in [2.05, 4.69) is 26.4 Å². The van der Waals surface area contributed by atoms with Crippen molar-refractivity contribution in [3.05, 3.63) is 70.8 Å². The van der Waals surface area contributed by atoms with Crippen LogP contribution in [0.2, 0.25) is 5.02 Å². The predicted octanol–water partition coefficient (Wildman–Crippen LogP) is 4.10. The fourth-order valence-corrected chi connectivity index (χ4v) is 3.39. The summed E-state index contributed by atoms with van der Waals surface area (Å²) >= 11 is 6.15. The lowest BCUT2D eigenvalue weighted by atomic mass is 10.0. The number of rotatable bonds is 4. The first-order valence-electron chi connectivity index (χ1n) is 8.48. The average Bonchev–Trinajstić information content (AvgIpc) is 3.11. The van der Waals surface area contributed by atoms with E-state index in [0.717, 1.165) is 35.8 Å². The summed E-state index contributed by atoms with van der Waals surface area (Å²) in [6.07, 6.45) is 0. The van der Waals surface area contributed by atoms with Gasteiger partial charge in [0.15, 0.2) is 0 Å². The van der Waals surface area contributed by atoms with Crippen LogP contribution in [0.4, 0.5) is 4.39 Å². The lowest BCUT2D eigenvalue weighted by Gasteiger charge is -2.35. The lowest BCUT2D eigenvalue weighted by molar-refractivity contribution is 0.135. The Morgan fingerprint density at radius 3 is 2.81 bits per heavy atom. The van der Waals surface area contributed by atoms with Crippen molar-refractivity contribution in [1.82, 2.24) is 20.4 Å². The van der Waals surface area contributed by atoms with Crippen LogP contribution in [0.1, 0.15) is 17.5 Å². The summed E-state index contributed by atoms with van der Waals surface area (Å²) in [6, 6.07) is 14.1. The maximum absolute atomic E-state index is 13.1. The molecular formula is C19H19Cl2FN4O. The molecule has 0 radical (unpaired) electrons. The van der Waals surface area contributed by atoms with Crippen molar-refractivity contribution in [3.8, 4) is 11.4 Å². The zero-order valence-electron chi connectivity index (χ0n) is 14.4. The van der Waals surface area contributed by atoms with Gasteiger partial charge in [-0.2, -0.15) is 4.98 Å². The molecule has 0 spiro atoms. The van der Waals surface area contributed by atoms with Crippen LogP contribution in [-0.2, 0) is 6.54 Å². The third-order valence-electron chi connectivity index (χ3n) is 4.50. The first-order valence-corrected chi connectivity index (χ1v) is 8.85. The fourth-order valence-electron chi connectivity index (χ4n) is 3.19. The topological polar surface area (TPSA) is 54.2 Å². The van der Waals surface area contributed by atoms with Crippen LogP contribution < -0.4 is 5.32 Å². The summed E-state index contributed by atoms with van der Waals surface area (Å²) in [6.45, 7) is 3.15. The Balaban J connectivity index is 0.00000210. The van der Waals surface area contributed by atoms with Gasteiger partial charge in [0.05, 0.1) is 6.54 Å². The highest BCUT2D eigenvalue weighted by Gasteiger charge is 2.25. The standard InChI is InChI=1S/C19H18ClFN4O.ClH/c20-15-3-1-2-14(10-15)17-11-22-8-9-25(17)12-18-23-19(24-26-18)13-4-6-16(21)7-5-13;/h1-7,10,17,22H,8-9,11-12H2;1H. The second-order valence-electron chi connectivity index (χ2n) is 6.26. The Kier molecular flexibility index (Phi) is 6.44. The van der Waals surface area contributed by atoms with Crippen LogP contribution in [0.5, 0.6) is 0 Å². The van der Waals surface area contributed by atoms with Gasteiger partial charge >= 0.3 is 0 Å². The van der Waals surface area contributed by atoms with Gasteiger partial charge in [-0.1, -0.05) is 28.9 Å². The zero-order valence-corrected chi connectivity index (χ0v) is 16.0. The molecule has 1 aliphatic rings. The number of aromatic nitrogens is 2. The number of piperazine rings is 1. The summed E-state index contributed by atoms with van der Waals surface area (Å²) in [5.74, 6) is 0.718. The maximum atomic E-state index is 13.1. The van der Waals surface area contributed by atoms with Gasteiger partial charge in [-0.3, -0.25) is 4.90 Å². The number of nitrogens with zero attached hydrogens (tertiary/aromatic N) is 3. The van der Waals surface area contributed by atoms with Crippen LogP contribution >= 0.6 is 24.0 Å². The third-order valence-corrected chi connectivity index (χ3v) is 4.73. The van der Waals surface area contributed by atoms with Crippen molar-refractivity contribution < 1.29 is 8.91 Å². The summed E-state index contributed by atoms with van der Waals surface area (Å²) in [5.41, 5.74) is 1.89. The number of nitrogens with one attached hydrogen (secondary N) is 1. The van der Waals surface area contributed by atoms with Crippen molar-refractivity contribution in [2.24, 2.45) is 0 Å². The minimum atomic E-state index is -0.289. The van der Waals surface area contributed by atoms with Crippen molar-refractivity contribution in [1.29, 1.82) is 0 Å². The average molecular weight is 409 g/mol. The van der Waals surface area contributed by atoms with E-state index in [0.29, 0.717) is 18.3 Å². The van der Waals surface area contributed by atoms with Gasteiger partial charge in [0.1, 0.15) is 5.82 Å². The third kappa shape index (κ3) is 4.65. The summed E-state index contributed by atoms with van der Waals surface area (Å²) in [5, 5.41) is 8.17. The van der Waals surface area contributed by atoms with Crippen LogP contribution in [0.25, 0.3) is 11.4 Å². The molecular weight excluding hydrogens is 390 g/mol. The predicted molar refractivity (Wildman–Crippen MR) is 104 cm³/mol. The number of halogens is 3. The Bertz CT molecular complexity index is 887. The number of hydrogen-bond donors (Lipinski definition) is 1. The highest BCUT2D eigenvalue weighted by molar-refractivity contribution is 6.30. The Morgan fingerprint density at radius 2 is 2.04 bits per heavy atom. The molecule has 2 aromatic carbocycles. The summed E-state index contributed by atoms with van der Waals surface area (Å²) in [4.78, 5) is 6.76. The van der Waals surface area contributed by atoms with Gasteiger partial charge in [-0.15, -0.1) is 12.4 Å². The molecule has 8 heteroatoms. The van der Waals surface area contributed by atoms with Crippen molar-refractivity contribution in [2.45, 2.75) is 12.6 Å². The van der Waals surface area contributed by atoms with E-state index in [1.807, 2.05) is 18.2 Å². The Labute approximate surface area is 167 Å². The molecule has 1 atom stereocenters. The molecule has 2 heterocycles. The smallest absolute Gasteiger partial charge is 0.241 e. The van der Waals surface area contributed by atoms with Crippen molar-refractivity contribution >= 4 is 24.0 Å². The van der Waals surface area contributed by atoms with E-state index < -0.39 is 0 Å². The summed E-state index contributed by atoms with van der Waals surface area (Å²) < 4.78 is 18.5. The molecule has 0 aliphatic carbocycles. The lowest BCUT2D eigenvalue weighted by Crippen LogP contribution is -2.45. The minimum absolute atomic E-state index is 0. The molecule has 1 fully saturated rings. The number of hydrogen-bond acceptors (Lipinski definition) is 5. The molecule has 1 aliphatic heterocycles. The van der Waals surface area contributed by atoms with E-state index in [-0.39, 0.29) is 24.3 Å². The van der Waals surface area contributed by atoms with Gasteiger partial charge in [-0.25, -0.2) is 4.39 Å². The molecule has 1 aromatic heterocycles. The second kappa shape index (κ2) is 8.80. The van der Waals surface area contributed by atoms with Crippen LogP contribution in [0.15, 0.2) is 53.1 Å². The SMILES string of the molecule is Cl.Fc1ccc(-c2noc(CN3CCNCC3c3cccc(Cl)c3)n2)cc1. The highest BCUT2D eigenvalue weighted by Crippen LogP contribution is 2.26. The zero-order chi connectivity index (χ0) is 17.9. The molecule has 5 nitrogen and oxygen atoms in total. The molecule has 27 heavy (non-hydrogen) atoms. The normalized spacial score (nSPS) is 17.5. The second-order valence-corrected chi connectivity index (χ2v) is 6.70. The van der Waals surface area contributed by atoms with Crippen LogP contribution in [-0.4, -0.2) is 34.7 Å². The largest absolute Gasteiger partial charge is 0.338 e. The van der Waals surface area contributed by atoms with Crippen LogP contribution in [0.3, 0.4) is 0 Å². The van der Waals surface area contributed by atoms with Crippen LogP contribution in [0, 0.1) is 5.82 Å². The highest BCUT2D eigenvalue weighted by atomic mass is 35.5. The van der Waals surface area contributed by atoms with E-state index >= 15 is 0 Å². The van der Waals surface area contributed by atoms with Gasteiger partial charge in [-0.05, 0) is 42.0 Å². The van der Waals surface area contributed by atoms with Gasteiger partial charge in [0, 0.05) is 36.3 Å². The molecule has 1 saturated heterocycles. The van der Waals surface area contributed by atoms with Crippen molar-refractivity contribution in [3.63, 3.8) is 0 Å². The molecule has 1 N–H and O–H groups in total. The molecule has 1 unspecified atom stereocenters. The quantitative estimate of drug-likeness (QED) is 0.704. The van der Waals surface area contributed by atoms with E-state index in [9.17, 15) is 4.39 Å². The summed E-state index contributed by atoms with van der Waals surface area (Å²) in [7, 11) is 0. The maximum Gasteiger partial charge on any atom is 0.241 e. The Hall–Kier alpha value is -1.99. The van der Waals surface area contributed by atoms with Crippen molar-refractivity contribution in [2.75, 3.05) is 19.6 Å². The molecule has 0 bridgehead atoms. The first kappa shape index (κ1) is 19.8. The Morgan fingerprint density at radius 1 is 1.22 bits per heavy atom.